The predicted octanol–water partition coefficient (Wildman–Crippen LogP) is 6.46. The van der Waals surface area contributed by atoms with Gasteiger partial charge in [0, 0.05) is 23.3 Å². The van der Waals surface area contributed by atoms with E-state index in [1.807, 2.05) is 24.3 Å². The standard InChI is InChI=1S/C24H26ClNO2/c1-16-9-10-21(11-18(16)3)26-14-20-12-23(27-4)24(13-22(20)25)28-15-19-8-6-5-7-17(19)2/h5-13,26H,14-15H2,1-4H3. The number of hydrogen-bond donors (Lipinski definition) is 1. The zero-order chi connectivity index (χ0) is 20.1. The Morgan fingerprint density at radius 1 is 0.821 bits per heavy atom. The molecule has 0 atom stereocenters. The normalized spacial score (nSPS) is 10.6. The van der Waals surface area contributed by atoms with Crippen molar-refractivity contribution in [3.8, 4) is 11.5 Å². The zero-order valence-electron chi connectivity index (χ0n) is 16.8. The highest BCUT2D eigenvalue weighted by Crippen LogP contribution is 2.34. The molecule has 1 N–H and O–H groups in total. The SMILES string of the molecule is COc1cc(CNc2ccc(C)c(C)c2)c(Cl)cc1OCc1ccccc1C. The Kier molecular flexibility index (Phi) is 6.48. The Bertz CT molecular complexity index is 969. The summed E-state index contributed by atoms with van der Waals surface area (Å²) in [5, 5.41) is 4.08. The van der Waals surface area contributed by atoms with Crippen LogP contribution in [0.2, 0.25) is 5.02 Å². The van der Waals surface area contributed by atoms with E-state index in [1.165, 1.54) is 16.7 Å². The lowest BCUT2D eigenvalue weighted by Gasteiger charge is -2.15. The van der Waals surface area contributed by atoms with Crippen molar-refractivity contribution >= 4 is 17.3 Å². The lowest BCUT2D eigenvalue weighted by molar-refractivity contribution is 0.284. The molecule has 3 rings (SSSR count). The fourth-order valence-corrected chi connectivity index (χ4v) is 3.18. The molecule has 0 aliphatic carbocycles. The quantitative estimate of drug-likeness (QED) is 0.497. The van der Waals surface area contributed by atoms with Crippen LogP contribution in [0.4, 0.5) is 5.69 Å². The van der Waals surface area contributed by atoms with Crippen LogP contribution in [0.25, 0.3) is 0 Å². The van der Waals surface area contributed by atoms with E-state index in [2.05, 4.69) is 56.4 Å². The van der Waals surface area contributed by atoms with Crippen LogP contribution in [-0.2, 0) is 13.2 Å². The van der Waals surface area contributed by atoms with E-state index in [0.717, 1.165) is 16.8 Å². The molecular weight excluding hydrogens is 370 g/mol. The predicted molar refractivity (Wildman–Crippen MR) is 117 cm³/mol. The average Bonchev–Trinajstić information content (AvgIpc) is 2.69. The maximum absolute atomic E-state index is 6.52. The molecule has 0 aliphatic rings. The van der Waals surface area contributed by atoms with Gasteiger partial charge < -0.3 is 14.8 Å². The second-order valence-electron chi connectivity index (χ2n) is 6.96. The second-order valence-corrected chi connectivity index (χ2v) is 7.37. The van der Waals surface area contributed by atoms with Crippen molar-refractivity contribution < 1.29 is 9.47 Å². The van der Waals surface area contributed by atoms with Crippen molar-refractivity contribution in [3.63, 3.8) is 0 Å². The fraction of sp³-hybridized carbons (Fsp3) is 0.250. The number of anilines is 1. The topological polar surface area (TPSA) is 30.5 Å². The maximum atomic E-state index is 6.52. The third-order valence-corrected chi connectivity index (χ3v) is 5.32. The number of nitrogens with one attached hydrogen (secondary N) is 1. The van der Waals surface area contributed by atoms with Crippen molar-refractivity contribution in [2.75, 3.05) is 12.4 Å². The van der Waals surface area contributed by atoms with Gasteiger partial charge in [-0.1, -0.05) is 41.9 Å². The molecule has 0 amide bonds. The van der Waals surface area contributed by atoms with Crippen LogP contribution in [0, 0.1) is 20.8 Å². The van der Waals surface area contributed by atoms with E-state index < -0.39 is 0 Å². The van der Waals surface area contributed by atoms with E-state index in [-0.39, 0.29) is 0 Å². The van der Waals surface area contributed by atoms with Crippen molar-refractivity contribution in [1.82, 2.24) is 0 Å². The summed E-state index contributed by atoms with van der Waals surface area (Å²) < 4.78 is 11.5. The van der Waals surface area contributed by atoms with Crippen LogP contribution in [0.15, 0.2) is 54.6 Å². The molecule has 4 heteroatoms. The van der Waals surface area contributed by atoms with Crippen LogP contribution in [-0.4, -0.2) is 7.11 Å². The highest BCUT2D eigenvalue weighted by atomic mass is 35.5. The maximum Gasteiger partial charge on any atom is 0.163 e. The minimum atomic E-state index is 0.472. The molecule has 146 valence electrons. The highest BCUT2D eigenvalue weighted by molar-refractivity contribution is 6.31. The summed E-state index contributed by atoms with van der Waals surface area (Å²) in [7, 11) is 1.64. The van der Waals surface area contributed by atoms with E-state index in [9.17, 15) is 0 Å². The van der Waals surface area contributed by atoms with Gasteiger partial charge >= 0.3 is 0 Å². The largest absolute Gasteiger partial charge is 0.493 e. The molecule has 3 nitrogen and oxygen atoms in total. The first-order chi connectivity index (χ1) is 13.5. The van der Waals surface area contributed by atoms with E-state index in [1.54, 1.807) is 7.11 Å². The van der Waals surface area contributed by atoms with Gasteiger partial charge in [0.25, 0.3) is 0 Å². The monoisotopic (exact) mass is 395 g/mol. The Morgan fingerprint density at radius 3 is 2.32 bits per heavy atom. The molecule has 0 spiro atoms. The number of hydrogen-bond acceptors (Lipinski definition) is 3. The molecule has 0 unspecified atom stereocenters. The van der Waals surface area contributed by atoms with Gasteiger partial charge in [0.1, 0.15) is 6.61 Å². The summed E-state index contributed by atoms with van der Waals surface area (Å²) in [6, 6.07) is 18.3. The molecule has 28 heavy (non-hydrogen) atoms. The van der Waals surface area contributed by atoms with Crippen molar-refractivity contribution in [2.24, 2.45) is 0 Å². The lowest BCUT2D eigenvalue weighted by atomic mass is 10.1. The molecule has 0 saturated carbocycles. The summed E-state index contributed by atoms with van der Waals surface area (Å²) in [5.41, 5.74) is 6.90. The Balaban J connectivity index is 1.73. The van der Waals surface area contributed by atoms with Crippen molar-refractivity contribution in [1.29, 1.82) is 0 Å². The molecule has 0 aromatic heterocycles. The van der Waals surface area contributed by atoms with Gasteiger partial charge in [0.05, 0.1) is 7.11 Å². The number of ether oxygens (including phenoxy) is 2. The first-order valence-electron chi connectivity index (χ1n) is 9.32. The number of halogens is 1. The molecule has 0 bridgehead atoms. The first-order valence-corrected chi connectivity index (χ1v) is 9.70. The van der Waals surface area contributed by atoms with Gasteiger partial charge in [-0.05, 0) is 66.8 Å². The van der Waals surface area contributed by atoms with E-state index >= 15 is 0 Å². The number of methoxy groups -OCH3 is 1. The summed E-state index contributed by atoms with van der Waals surface area (Å²) >= 11 is 6.52. The van der Waals surface area contributed by atoms with E-state index in [0.29, 0.717) is 29.7 Å². The van der Waals surface area contributed by atoms with Crippen molar-refractivity contribution in [2.45, 2.75) is 33.9 Å². The Morgan fingerprint density at radius 2 is 1.61 bits per heavy atom. The smallest absolute Gasteiger partial charge is 0.163 e. The van der Waals surface area contributed by atoms with E-state index in [4.69, 9.17) is 21.1 Å². The summed E-state index contributed by atoms with van der Waals surface area (Å²) in [6.07, 6.45) is 0. The molecule has 0 aliphatic heterocycles. The summed E-state index contributed by atoms with van der Waals surface area (Å²) in [4.78, 5) is 0. The Hall–Kier alpha value is -2.65. The zero-order valence-corrected chi connectivity index (χ0v) is 17.6. The van der Waals surface area contributed by atoms with Crippen LogP contribution in [0.5, 0.6) is 11.5 Å². The van der Waals surface area contributed by atoms with Crippen LogP contribution in [0.3, 0.4) is 0 Å². The molecule has 0 heterocycles. The van der Waals surface area contributed by atoms with Gasteiger partial charge in [-0.15, -0.1) is 0 Å². The number of rotatable bonds is 7. The van der Waals surface area contributed by atoms with Crippen LogP contribution in [0.1, 0.15) is 27.8 Å². The molecule has 3 aromatic carbocycles. The average molecular weight is 396 g/mol. The van der Waals surface area contributed by atoms with Crippen molar-refractivity contribution in [3.05, 3.63) is 87.4 Å². The highest BCUT2D eigenvalue weighted by Gasteiger charge is 2.12. The lowest BCUT2D eigenvalue weighted by Crippen LogP contribution is -2.03. The third kappa shape index (κ3) is 4.79. The van der Waals surface area contributed by atoms with Gasteiger partial charge in [-0.2, -0.15) is 0 Å². The molecule has 0 saturated heterocycles. The molecular formula is C24H26ClNO2. The minimum absolute atomic E-state index is 0.472. The number of aryl methyl sites for hydroxylation is 3. The fourth-order valence-electron chi connectivity index (χ4n) is 2.96. The molecule has 0 fully saturated rings. The molecule has 3 aromatic rings. The summed E-state index contributed by atoms with van der Waals surface area (Å²) in [5.74, 6) is 1.32. The summed E-state index contributed by atoms with van der Waals surface area (Å²) in [6.45, 7) is 7.37. The van der Waals surface area contributed by atoms with Crippen LogP contribution >= 0.6 is 11.6 Å². The van der Waals surface area contributed by atoms with Gasteiger partial charge in [0.15, 0.2) is 11.5 Å². The second kappa shape index (κ2) is 9.03. The van der Waals surface area contributed by atoms with Gasteiger partial charge in [-0.25, -0.2) is 0 Å². The minimum Gasteiger partial charge on any atom is -0.493 e. The third-order valence-electron chi connectivity index (χ3n) is 4.97. The van der Waals surface area contributed by atoms with Gasteiger partial charge in [-0.3, -0.25) is 0 Å². The van der Waals surface area contributed by atoms with Gasteiger partial charge in [0.2, 0.25) is 0 Å². The number of benzene rings is 3. The molecule has 0 radical (unpaired) electrons. The Labute approximate surface area is 172 Å². The first kappa shape index (κ1) is 20.1. The van der Waals surface area contributed by atoms with Crippen LogP contribution < -0.4 is 14.8 Å².